The van der Waals surface area contributed by atoms with Gasteiger partial charge in [-0.15, -0.1) is 0 Å². The summed E-state index contributed by atoms with van der Waals surface area (Å²) in [5, 5.41) is 0. The number of anilines is 1. The molecule has 1 N–H and O–H groups in total. The minimum absolute atomic E-state index is 1.23. The molecule has 1 nitrogen and oxygen atoms in total. The summed E-state index contributed by atoms with van der Waals surface area (Å²) in [4.78, 5) is 0. The van der Waals surface area contributed by atoms with E-state index >= 15 is 0 Å². The number of rotatable bonds is 1. The lowest BCUT2D eigenvalue weighted by Crippen LogP contribution is -1.84. The predicted octanol–water partition coefficient (Wildman–Crippen LogP) is 2.94. The van der Waals surface area contributed by atoms with E-state index in [4.69, 9.17) is 0 Å². The molecule has 2 heteroatoms. The van der Waals surface area contributed by atoms with E-state index in [1.54, 1.807) is 5.56 Å². The molecule has 0 radical (unpaired) electrons. The lowest BCUT2D eigenvalue weighted by atomic mass is 10.1. The molecule has 1 aliphatic carbocycles. The fourth-order valence-electron chi connectivity index (χ4n) is 1.63. The summed E-state index contributed by atoms with van der Waals surface area (Å²) in [6, 6.07) is 6.65. The first kappa shape index (κ1) is 7.40. The van der Waals surface area contributed by atoms with Crippen molar-refractivity contribution in [2.75, 3.05) is 3.53 Å². The van der Waals surface area contributed by atoms with Gasteiger partial charge >= 0.3 is 0 Å². The molecule has 0 saturated heterocycles. The van der Waals surface area contributed by atoms with Crippen LogP contribution in [0.1, 0.15) is 17.5 Å². The Hall–Kier alpha value is -0.250. The largest absolute Gasteiger partial charge is 0.328 e. The van der Waals surface area contributed by atoms with Crippen molar-refractivity contribution in [1.82, 2.24) is 0 Å². The lowest BCUT2D eigenvalue weighted by Gasteiger charge is -2.01. The molecule has 0 spiro atoms. The molecule has 0 fully saturated rings. The zero-order chi connectivity index (χ0) is 7.68. The number of nitrogens with one attached hydrogen (secondary N) is 1. The molecule has 1 aromatic carbocycles. The Kier molecular flexibility index (Phi) is 2.02. The van der Waals surface area contributed by atoms with Crippen LogP contribution < -0.4 is 3.53 Å². The Morgan fingerprint density at radius 2 is 2.00 bits per heavy atom. The van der Waals surface area contributed by atoms with E-state index in [9.17, 15) is 0 Å². The maximum absolute atomic E-state index is 3.13. The minimum atomic E-state index is 1.23. The topological polar surface area (TPSA) is 12.0 Å². The second-order valence-electron chi connectivity index (χ2n) is 2.93. The van der Waals surface area contributed by atoms with Crippen molar-refractivity contribution in [3.8, 4) is 0 Å². The highest BCUT2D eigenvalue weighted by molar-refractivity contribution is 14.1. The normalized spacial score (nSPS) is 14.6. The number of benzene rings is 1. The molecule has 11 heavy (non-hydrogen) atoms. The highest BCUT2D eigenvalue weighted by Crippen LogP contribution is 2.25. The molecule has 0 heterocycles. The molecule has 0 aliphatic heterocycles. The van der Waals surface area contributed by atoms with Crippen molar-refractivity contribution in [2.24, 2.45) is 0 Å². The molecular formula is C9H10IN. The first-order valence-corrected chi connectivity index (χ1v) is 4.96. The lowest BCUT2D eigenvalue weighted by molar-refractivity contribution is 0.912. The van der Waals surface area contributed by atoms with Gasteiger partial charge in [0.25, 0.3) is 0 Å². The Labute approximate surface area is 80.7 Å². The summed E-state index contributed by atoms with van der Waals surface area (Å²) < 4.78 is 3.13. The molecule has 0 saturated carbocycles. The van der Waals surface area contributed by atoms with Crippen LogP contribution in [0.4, 0.5) is 5.69 Å². The van der Waals surface area contributed by atoms with Crippen LogP contribution >= 0.6 is 22.9 Å². The summed E-state index contributed by atoms with van der Waals surface area (Å²) in [6.45, 7) is 0. The predicted molar refractivity (Wildman–Crippen MR) is 56.1 cm³/mol. The van der Waals surface area contributed by atoms with Gasteiger partial charge < -0.3 is 3.53 Å². The van der Waals surface area contributed by atoms with Gasteiger partial charge in [0.1, 0.15) is 0 Å². The Bertz CT molecular complexity index is 270. The molecule has 0 atom stereocenters. The monoisotopic (exact) mass is 259 g/mol. The number of hydrogen-bond donors (Lipinski definition) is 1. The summed E-state index contributed by atoms with van der Waals surface area (Å²) in [5.74, 6) is 0. The third-order valence-electron chi connectivity index (χ3n) is 2.21. The SMILES string of the molecule is INc1ccc2c(c1)CCC2. The highest BCUT2D eigenvalue weighted by Gasteiger charge is 2.09. The van der Waals surface area contributed by atoms with E-state index in [2.05, 4.69) is 44.6 Å². The standard InChI is InChI=1S/C9H10IN/c10-11-9-5-4-7-2-1-3-8(7)6-9/h4-6,11H,1-3H2. The van der Waals surface area contributed by atoms with Crippen molar-refractivity contribution in [3.05, 3.63) is 29.3 Å². The summed E-state index contributed by atoms with van der Waals surface area (Å²) in [5.41, 5.74) is 4.30. The van der Waals surface area contributed by atoms with E-state index in [1.165, 1.54) is 30.5 Å². The Balaban J connectivity index is 2.41. The van der Waals surface area contributed by atoms with Crippen molar-refractivity contribution in [3.63, 3.8) is 0 Å². The van der Waals surface area contributed by atoms with Gasteiger partial charge in [0.2, 0.25) is 0 Å². The Morgan fingerprint density at radius 1 is 1.18 bits per heavy atom. The van der Waals surface area contributed by atoms with Gasteiger partial charge in [0.05, 0.1) is 22.9 Å². The average Bonchev–Trinajstić information content (AvgIpc) is 2.50. The molecule has 0 aromatic heterocycles. The molecule has 1 aliphatic rings. The van der Waals surface area contributed by atoms with Crippen LogP contribution in [0.3, 0.4) is 0 Å². The number of fused-ring (bicyclic) bond motifs is 1. The van der Waals surface area contributed by atoms with E-state index in [-0.39, 0.29) is 0 Å². The van der Waals surface area contributed by atoms with Crippen molar-refractivity contribution < 1.29 is 0 Å². The van der Waals surface area contributed by atoms with Crippen LogP contribution in [0.25, 0.3) is 0 Å². The Morgan fingerprint density at radius 3 is 2.82 bits per heavy atom. The fraction of sp³-hybridized carbons (Fsp3) is 0.333. The smallest absolute Gasteiger partial charge is 0.0560 e. The molecule has 2 rings (SSSR count). The van der Waals surface area contributed by atoms with Gasteiger partial charge in [-0.2, -0.15) is 0 Å². The van der Waals surface area contributed by atoms with Crippen LogP contribution in [0.15, 0.2) is 18.2 Å². The summed E-state index contributed by atoms with van der Waals surface area (Å²) >= 11 is 2.17. The molecule has 1 aromatic rings. The number of aryl methyl sites for hydroxylation is 2. The van der Waals surface area contributed by atoms with Crippen LogP contribution in [-0.4, -0.2) is 0 Å². The first-order chi connectivity index (χ1) is 5.40. The van der Waals surface area contributed by atoms with Gasteiger partial charge in [-0.1, -0.05) is 6.07 Å². The van der Waals surface area contributed by atoms with Gasteiger partial charge in [-0.3, -0.25) is 0 Å². The van der Waals surface area contributed by atoms with Crippen molar-refractivity contribution >= 4 is 28.6 Å². The van der Waals surface area contributed by atoms with Crippen LogP contribution in [0.5, 0.6) is 0 Å². The van der Waals surface area contributed by atoms with Crippen molar-refractivity contribution in [2.45, 2.75) is 19.3 Å². The second kappa shape index (κ2) is 3.01. The molecule has 58 valence electrons. The molecule has 0 unspecified atom stereocenters. The van der Waals surface area contributed by atoms with E-state index < -0.39 is 0 Å². The number of halogens is 1. The van der Waals surface area contributed by atoms with Gasteiger partial charge in [0, 0.05) is 5.69 Å². The average molecular weight is 259 g/mol. The van der Waals surface area contributed by atoms with E-state index in [0.29, 0.717) is 0 Å². The van der Waals surface area contributed by atoms with Gasteiger partial charge in [-0.05, 0) is 42.5 Å². The molecular weight excluding hydrogens is 249 g/mol. The third kappa shape index (κ3) is 1.36. The van der Waals surface area contributed by atoms with Gasteiger partial charge in [-0.25, -0.2) is 0 Å². The molecule has 0 bridgehead atoms. The zero-order valence-corrected chi connectivity index (χ0v) is 8.39. The number of hydrogen-bond acceptors (Lipinski definition) is 1. The zero-order valence-electron chi connectivity index (χ0n) is 6.23. The fourth-order valence-corrected chi connectivity index (χ4v) is 1.97. The maximum atomic E-state index is 3.13. The second-order valence-corrected chi connectivity index (χ2v) is 3.47. The van der Waals surface area contributed by atoms with Crippen LogP contribution in [0.2, 0.25) is 0 Å². The van der Waals surface area contributed by atoms with Crippen LogP contribution in [0, 0.1) is 0 Å². The van der Waals surface area contributed by atoms with Gasteiger partial charge in [0.15, 0.2) is 0 Å². The quantitative estimate of drug-likeness (QED) is 0.604. The van der Waals surface area contributed by atoms with Crippen molar-refractivity contribution in [1.29, 1.82) is 0 Å². The van der Waals surface area contributed by atoms with E-state index in [0.717, 1.165) is 0 Å². The summed E-state index contributed by atoms with van der Waals surface area (Å²) in [7, 11) is 0. The first-order valence-electron chi connectivity index (χ1n) is 3.88. The maximum Gasteiger partial charge on any atom is 0.0560 e. The van der Waals surface area contributed by atoms with E-state index in [1.807, 2.05) is 0 Å². The van der Waals surface area contributed by atoms with Crippen LogP contribution in [-0.2, 0) is 12.8 Å². The minimum Gasteiger partial charge on any atom is -0.328 e. The third-order valence-corrected chi connectivity index (χ3v) is 2.83. The molecule has 0 amide bonds. The highest BCUT2D eigenvalue weighted by atomic mass is 127. The summed E-state index contributed by atoms with van der Waals surface area (Å²) in [6.07, 6.45) is 3.87.